The highest BCUT2D eigenvalue weighted by molar-refractivity contribution is 5.95. The van der Waals surface area contributed by atoms with Crippen LogP contribution in [0.5, 0.6) is 0 Å². The van der Waals surface area contributed by atoms with Crippen LogP contribution < -0.4 is 10.9 Å². The summed E-state index contributed by atoms with van der Waals surface area (Å²) in [5, 5.41) is 3.02. The molecule has 3 aromatic rings. The smallest absolute Gasteiger partial charge is 0.264 e. The third kappa shape index (κ3) is 3.07. The molecule has 0 radical (unpaired) electrons. The molecule has 27 heavy (non-hydrogen) atoms. The lowest BCUT2D eigenvalue weighted by Gasteiger charge is -2.19. The van der Waals surface area contributed by atoms with Crippen molar-refractivity contribution in [1.29, 1.82) is 0 Å². The van der Waals surface area contributed by atoms with Gasteiger partial charge in [-0.25, -0.2) is 4.98 Å². The highest BCUT2D eigenvalue weighted by atomic mass is 16.3. The van der Waals surface area contributed by atoms with Crippen LogP contribution in [0.2, 0.25) is 0 Å². The Labute approximate surface area is 156 Å². The molecule has 2 atom stereocenters. The Kier molecular flexibility index (Phi) is 4.18. The zero-order chi connectivity index (χ0) is 19.1. The molecule has 0 spiro atoms. The fourth-order valence-electron chi connectivity index (χ4n) is 3.76. The number of benzene rings is 1. The van der Waals surface area contributed by atoms with E-state index in [1.807, 2.05) is 25.1 Å². The summed E-state index contributed by atoms with van der Waals surface area (Å²) in [6, 6.07) is 11.5. The Morgan fingerprint density at radius 1 is 1.22 bits per heavy atom. The number of aromatic amines is 1. The lowest BCUT2D eigenvalue weighted by molar-refractivity contribution is 0.0924. The molecule has 0 unspecified atom stereocenters. The number of fused-ring (bicyclic) bond motifs is 1. The average Bonchev–Trinajstić information content (AvgIpc) is 3.18. The van der Waals surface area contributed by atoms with Gasteiger partial charge in [0, 0.05) is 0 Å². The van der Waals surface area contributed by atoms with Gasteiger partial charge < -0.3 is 14.7 Å². The molecule has 138 valence electrons. The zero-order valence-electron chi connectivity index (χ0n) is 15.5. The predicted octanol–water partition coefficient (Wildman–Crippen LogP) is 3.31. The molecular formula is C21H21N3O3. The molecular weight excluding hydrogens is 342 g/mol. The van der Waals surface area contributed by atoms with Gasteiger partial charge >= 0.3 is 0 Å². The second kappa shape index (κ2) is 6.54. The van der Waals surface area contributed by atoms with Crippen molar-refractivity contribution in [3.63, 3.8) is 0 Å². The number of furan rings is 1. The van der Waals surface area contributed by atoms with Crippen LogP contribution >= 0.6 is 0 Å². The van der Waals surface area contributed by atoms with Crippen molar-refractivity contribution in [2.45, 2.75) is 33.2 Å². The molecule has 0 saturated heterocycles. The van der Waals surface area contributed by atoms with E-state index < -0.39 is 11.5 Å². The zero-order valence-corrected chi connectivity index (χ0v) is 15.5. The summed E-state index contributed by atoms with van der Waals surface area (Å²) in [6.07, 6.45) is 0.908. The van der Waals surface area contributed by atoms with E-state index in [0.29, 0.717) is 17.3 Å². The fourth-order valence-corrected chi connectivity index (χ4v) is 3.76. The van der Waals surface area contributed by atoms with Crippen LogP contribution in [0.3, 0.4) is 0 Å². The van der Waals surface area contributed by atoms with Crippen molar-refractivity contribution in [3.8, 4) is 11.6 Å². The van der Waals surface area contributed by atoms with Gasteiger partial charge in [-0.15, -0.1) is 0 Å². The van der Waals surface area contributed by atoms with Crippen LogP contribution in [0, 0.1) is 19.8 Å². The van der Waals surface area contributed by atoms with E-state index >= 15 is 0 Å². The molecule has 2 aromatic heterocycles. The maximum atomic E-state index is 12.9. The lowest BCUT2D eigenvalue weighted by atomic mass is 10.0. The molecule has 1 aliphatic carbocycles. The summed E-state index contributed by atoms with van der Waals surface area (Å²) >= 11 is 0. The van der Waals surface area contributed by atoms with Crippen molar-refractivity contribution in [2.75, 3.05) is 0 Å². The molecule has 4 rings (SSSR count). The minimum absolute atomic E-state index is 0.0404. The third-order valence-electron chi connectivity index (χ3n) is 5.09. The Morgan fingerprint density at radius 3 is 2.70 bits per heavy atom. The topological polar surface area (TPSA) is 88.0 Å². The van der Waals surface area contributed by atoms with Gasteiger partial charge in [0.05, 0.1) is 11.7 Å². The van der Waals surface area contributed by atoms with E-state index in [-0.39, 0.29) is 17.5 Å². The number of hydrogen-bond acceptors (Lipinski definition) is 4. The first-order valence-electron chi connectivity index (χ1n) is 9.00. The molecule has 1 amide bonds. The van der Waals surface area contributed by atoms with Crippen LogP contribution in [0.4, 0.5) is 0 Å². The summed E-state index contributed by atoms with van der Waals surface area (Å²) in [4.78, 5) is 32.5. The first-order valence-corrected chi connectivity index (χ1v) is 9.00. The Morgan fingerprint density at radius 2 is 2.00 bits per heavy atom. The van der Waals surface area contributed by atoms with E-state index in [9.17, 15) is 9.59 Å². The number of hydrogen-bond donors (Lipinski definition) is 2. The number of carbonyl (C=O) groups is 1. The molecule has 1 aromatic carbocycles. The van der Waals surface area contributed by atoms with Crippen molar-refractivity contribution in [1.82, 2.24) is 15.3 Å². The van der Waals surface area contributed by atoms with Gasteiger partial charge in [0.1, 0.15) is 11.3 Å². The van der Waals surface area contributed by atoms with E-state index in [1.165, 1.54) is 5.56 Å². The van der Waals surface area contributed by atoms with Crippen molar-refractivity contribution < 1.29 is 9.21 Å². The second-order valence-electron chi connectivity index (χ2n) is 7.12. The van der Waals surface area contributed by atoms with Crippen molar-refractivity contribution in [2.24, 2.45) is 5.92 Å². The van der Waals surface area contributed by atoms with Gasteiger partial charge in [-0.3, -0.25) is 9.59 Å². The number of carbonyl (C=O) groups excluding carboxylic acids is 1. The van der Waals surface area contributed by atoms with Crippen LogP contribution in [0.25, 0.3) is 11.6 Å². The molecule has 1 aliphatic rings. The Hall–Kier alpha value is -3.15. The summed E-state index contributed by atoms with van der Waals surface area (Å²) in [5.41, 5.74) is 2.30. The van der Waals surface area contributed by atoms with Gasteiger partial charge in [0.25, 0.3) is 11.5 Å². The summed E-state index contributed by atoms with van der Waals surface area (Å²) < 4.78 is 5.51. The summed E-state index contributed by atoms with van der Waals surface area (Å²) in [6.45, 7) is 5.58. The number of amides is 1. The van der Waals surface area contributed by atoms with Crippen LogP contribution in [-0.2, 0) is 6.42 Å². The average molecular weight is 363 g/mol. The van der Waals surface area contributed by atoms with E-state index in [4.69, 9.17) is 4.42 Å². The number of nitrogens with one attached hydrogen (secondary N) is 2. The van der Waals surface area contributed by atoms with Crippen molar-refractivity contribution in [3.05, 3.63) is 74.9 Å². The molecule has 2 heterocycles. The Balaban J connectivity index is 1.64. The molecule has 0 aliphatic heterocycles. The Bertz CT molecular complexity index is 1080. The number of aromatic nitrogens is 2. The minimum atomic E-state index is -0.469. The lowest BCUT2D eigenvalue weighted by Crippen LogP contribution is -2.35. The maximum Gasteiger partial charge on any atom is 0.264 e. The number of nitrogens with zero attached hydrogens (tertiary/aromatic N) is 1. The normalized spacial score (nSPS) is 18.3. The summed E-state index contributed by atoms with van der Waals surface area (Å²) in [7, 11) is 0. The maximum absolute atomic E-state index is 12.9. The molecule has 0 bridgehead atoms. The van der Waals surface area contributed by atoms with Crippen molar-refractivity contribution >= 4 is 5.91 Å². The summed E-state index contributed by atoms with van der Waals surface area (Å²) in [5.74, 6) is 1.38. The minimum Gasteiger partial charge on any atom is -0.458 e. The number of rotatable bonds is 3. The van der Waals surface area contributed by atoms with Gasteiger partial charge in [-0.2, -0.15) is 0 Å². The highest BCUT2D eigenvalue weighted by Crippen LogP contribution is 2.35. The van der Waals surface area contributed by atoms with Gasteiger partial charge in [-0.1, -0.05) is 31.2 Å². The second-order valence-corrected chi connectivity index (χ2v) is 7.12. The predicted molar refractivity (Wildman–Crippen MR) is 102 cm³/mol. The number of aryl methyl sites for hydroxylation is 2. The molecule has 0 fully saturated rings. The largest absolute Gasteiger partial charge is 0.458 e. The number of H-pyrrole nitrogens is 1. The molecule has 6 heteroatoms. The first kappa shape index (κ1) is 17.3. The van der Waals surface area contributed by atoms with Crippen LogP contribution in [0.15, 0.2) is 45.6 Å². The van der Waals surface area contributed by atoms with Gasteiger partial charge in [0.15, 0.2) is 11.6 Å². The van der Waals surface area contributed by atoms with E-state index in [1.54, 1.807) is 19.1 Å². The van der Waals surface area contributed by atoms with E-state index in [0.717, 1.165) is 17.7 Å². The van der Waals surface area contributed by atoms with Gasteiger partial charge in [-0.05, 0) is 49.4 Å². The molecule has 2 N–H and O–H groups in total. The fraction of sp³-hybridized carbons (Fsp3) is 0.286. The first-order chi connectivity index (χ1) is 12.9. The van der Waals surface area contributed by atoms with Crippen LogP contribution in [0.1, 0.15) is 45.9 Å². The van der Waals surface area contributed by atoms with E-state index in [2.05, 4.69) is 28.3 Å². The molecule has 6 nitrogen and oxygen atoms in total. The quantitative estimate of drug-likeness (QED) is 0.747. The standard InChI is InChI=1S/C21H21N3O3/c1-11-10-14-6-4-5-7-15(14)18(11)23-20(25)17-13(3)22-19(24-21(17)26)16-9-8-12(2)27-16/h4-9,11,18H,10H2,1-3H3,(H,23,25)(H,22,24,26)/t11-,18+/m1/s1. The molecule has 0 saturated carbocycles. The highest BCUT2D eigenvalue weighted by Gasteiger charge is 2.31. The van der Waals surface area contributed by atoms with Crippen LogP contribution in [-0.4, -0.2) is 15.9 Å². The SMILES string of the molecule is Cc1ccc(-c2nc(C)c(C(=O)N[C@@H]3c4ccccc4C[C@H]3C)c(=O)[nH]2)o1. The monoisotopic (exact) mass is 363 g/mol. The van der Waals surface area contributed by atoms with Gasteiger partial charge in [0.2, 0.25) is 0 Å². The third-order valence-corrected chi connectivity index (χ3v) is 5.09.